The second-order valence-electron chi connectivity index (χ2n) is 4.47. The maximum absolute atomic E-state index is 6.31. The molecule has 2 aliphatic heterocycles. The summed E-state index contributed by atoms with van der Waals surface area (Å²) in [6.07, 6.45) is 6.53. The van der Waals surface area contributed by atoms with E-state index in [4.69, 9.17) is 4.74 Å². The fourth-order valence-corrected chi connectivity index (χ4v) is 2.93. The maximum Gasteiger partial charge on any atom is 0.113 e. The minimum absolute atomic E-state index is 0.132. The van der Waals surface area contributed by atoms with E-state index in [-0.39, 0.29) is 11.2 Å². The van der Waals surface area contributed by atoms with Crippen LogP contribution in [0, 0.1) is 0 Å². The van der Waals surface area contributed by atoms with Gasteiger partial charge in [0.1, 0.15) is 11.2 Å². The predicted octanol–water partition coefficient (Wildman–Crippen LogP) is 3.50. The zero-order valence-electron chi connectivity index (χ0n) is 9.29. The average Bonchev–Trinajstić information content (AvgIpc) is 2.83. The van der Waals surface area contributed by atoms with Crippen molar-refractivity contribution in [3.8, 4) is 0 Å². The van der Waals surface area contributed by atoms with Gasteiger partial charge in [0.05, 0.1) is 0 Å². The molecule has 2 atom stereocenters. The van der Waals surface area contributed by atoms with E-state index in [9.17, 15) is 0 Å². The van der Waals surface area contributed by atoms with Gasteiger partial charge in [0.2, 0.25) is 0 Å². The minimum Gasteiger partial charge on any atom is -0.351 e. The first-order chi connectivity index (χ1) is 7.26. The molecule has 0 aliphatic carbocycles. The highest BCUT2D eigenvalue weighted by molar-refractivity contribution is 5.50. The lowest BCUT2D eigenvalue weighted by atomic mass is 9.80. The highest BCUT2D eigenvalue weighted by Gasteiger charge is 2.53. The van der Waals surface area contributed by atoms with Gasteiger partial charge in [0.15, 0.2) is 0 Å². The topological polar surface area (TPSA) is 9.23 Å². The standard InChI is InChI=1S/C14H16O/c1-3-13-9-10-14(4-2,15-13)12-8-6-5-7-11(12)13/h5-10H,3-4H2,1-2H3. The van der Waals surface area contributed by atoms with Gasteiger partial charge in [-0.1, -0.05) is 38.1 Å². The van der Waals surface area contributed by atoms with E-state index in [0.29, 0.717) is 0 Å². The molecule has 1 aromatic rings. The largest absolute Gasteiger partial charge is 0.351 e. The quantitative estimate of drug-likeness (QED) is 0.664. The molecule has 0 N–H and O–H groups in total. The second kappa shape index (κ2) is 2.73. The molecule has 0 saturated heterocycles. The van der Waals surface area contributed by atoms with Crippen molar-refractivity contribution in [1.82, 2.24) is 0 Å². The SMILES string of the molecule is CCC12C=CC(CC)(O1)c1ccccc12. The van der Waals surface area contributed by atoms with Crippen LogP contribution in [-0.2, 0) is 15.9 Å². The number of fused-ring (bicyclic) bond motifs is 5. The molecule has 15 heavy (non-hydrogen) atoms. The molecule has 0 amide bonds. The Kier molecular flexibility index (Phi) is 1.67. The minimum atomic E-state index is -0.132. The summed E-state index contributed by atoms with van der Waals surface area (Å²) in [6.45, 7) is 4.39. The van der Waals surface area contributed by atoms with Gasteiger partial charge in [-0.05, 0) is 36.1 Å². The highest BCUT2D eigenvalue weighted by Crippen LogP contribution is 2.56. The monoisotopic (exact) mass is 200 g/mol. The molecule has 0 aromatic heterocycles. The lowest BCUT2D eigenvalue weighted by Crippen LogP contribution is -2.22. The van der Waals surface area contributed by atoms with Crippen LogP contribution in [0.1, 0.15) is 37.8 Å². The Morgan fingerprint density at radius 2 is 1.40 bits per heavy atom. The number of hydrogen-bond acceptors (Lipinski definition) is 1. The third-order valence-electron chi connectivity index (χ3n) is 3.88. The normalized spacial score (nSPS) is 35.9. The molecule has 2 unspecified atom stereocenters. The molecule has 1 heteroatoms. The van der Waals surface area contributed by atoms with Crippen molar-refractivity contribution in [3.63, 3.8) is 0 Å². The summed E-state index contributed by atoms with van der Waals surface area (Å²) in [6, 6.07) is 8.63. The van der Waals surface area contributed by atoms with E-state index in [1.807, 2.05) is 0 Å². The molecular weight excluding hydrogens is 184 g/mol. The Bertz CT molecular complexity index is 396. The Morgan fingerprint density at radius 3 is 1.80 bits per heavy atom. The molecular formula is C14H16O. The Labute approximate surface area is 90.8 Å². The summed E-state index contributed by atoms with van der Waals surface area (Å²) in [5.74, 6) is 0. The van der Waals surface area contributed by atoms with Gasteiger partial charge in [-0.2, -0.15) is 0 Å². The van der Waals surface area contributed by atoms with E-state index in [0.717, 1.165) is 12.8 Å². The van der Waals surface area contributed by atoms with Crippen LogP contribution in [0.5, 0.6) is 0 Å². The molecule has 1 aromatic carbocycles. The number of hydrogen-bond donors (Lipinski definition) is 0. The number of rotatable bonds is 2. The zero-order valence-corrected chi connectivity index (χ0v) is 9.29. The van der Waals surface area contributed by atoms with Crippen LogP contribution < -0.4 is 0 Å². The molecule has 78 valence electrons. The van der Waals surface area contributed by atoms with Gasteiger partial charge in [-0.15, -0.1) is 0 Å². The predicted molar refractivity (Wildman–Crippen MR) is 60.6 cm³/mol. The van der Waals surface area contributed by atoms with Crippen molar-refractivity contribution in [2.24, 2.45) is 0 Å². The summed E-state index contributed by atoms with van der Waals surface area (Å²) in [7, 11) is 0. The number of benzene rings is 1. The van der Waals surface area contributed by atoms with Gasteiger partial charge in [-0.3, -0.25) is 0 Å². The highest BCUT2D eigenvalue weighted by atomic mass is 16.5. The van der Waals surface area contributed by atoms with Crippen LogP contribution >= 0.6 is 0 Å². The van der Waals surface area contributed by atoms with Crippen LogP contribution in [0.2, 0.25) is 0 Å². The fourth-order valence-electron chi connectivity index (χ4n) is 2.93. The molecule has 2 heterocycles. The van der Waals surface area contributed by atoms with Gasteiger partial charge >= 0.3 is 0 Å². The van der Waals surface area contributed by atoms with Crippen molar-refractivity contribution >= 4 is 0 Å². The molecule has 0 spiro atoms. The molecule has 0 radical (unpaired) electrons. The first-order valence-corrected chi connectivity index (χ1v) is 5.77. The van der Waals surface area contributed by atoms with Gasteiger partial charge < -0.3 is 4.74 Å². The van der Waals surface area contributed by atoms with Crippen molar-refractivity contribution in [1.29, 1.82) is 0 Å². The number of ether oxygens (including phenoxy) is 1. The Morgan fingerprint density at radius 1 is 0.933 bits per heavy atom. The van der Waals surface area contributed by atoms with Crippen LogP contribution in [0.15, 0.2) is 36.4 Å². The first kappa shape index (κ1) is 9.17. The van der Waals surface area contributed by atoms with Crippen LogP contribution in [0.4, 0.5) is 0 Å². The smallest absolute Gasteiger partial charge is 0.113 e. The van der Waals surface area contributed by atoms with Gasteiger partial charge in [0.25, 0.3) is 0 Å². The van der Waals surface area contributed by atoms with E-state index in [1.54, 1.807) is 0 Å². The summed E-state index contributed by atoms with van der Waals surface area (Å²) in [4.78, 5) is 0. The third kappa shape index (κ3) is 0.920. The molecule has 0 fully saturated rings. The molecule has 2 bridgehead atoms. The fraction of sp³-hybridized carbons (Fsp3) is 0.429. The second-order valence-corrected chi connectivity index (χ2v) is 4.47. The van der Waals surface area contributed by atoms with Crippen molar-refractivity contribution < 1.29 is 4.74 Å². The summed E-state index contributed by atoms with van der Waals surface area (Å²) in [5, 5.41) is 0. The lowest BCUT2D eigenvalue weighted by molar-refractivity contribution is -0.0742. The van der Waals surface area contributed by atoms with Crippen molar-refractivity contribution in [2.75, 3.05) is 0 Å². The van der Waals surface area contributed by atoms with E-state index in [2.05, 4.69) is 50.3 Å². The van der Waals surface area contributed by atoms with E-state index < -0.39 is 0 Å². The Hall–Kier alpha value is -1.08. The van der Waals surface area contributed by atoms with Crippen LogP contribution in [-0.4, -0.2) is 0 Å². The summed E-state index contributed by atoms with van der Waals surface area (Å²) >= 11 is 0. The molecule has 3 rings (SSSR count). The third-order valence-corrected chi connectivity index (χ3v) is 3.88. The first-order valence-electron chi connectivity index (χ1n) is 5.77. The van der Waals surface area contributed by atoms with Crippen LogP contribution in [0.25, 0.3) is 0 Å². The molecule has 0 saturated carbocycles. The van der Waals surface area contributed by atoms with Gasteiger partial charge in [-0.25, -0.2) is 0 Å². The van der Waals surface area contributed by atoms with E-state index >= 15 is 0 Å². The van der Waals surface area contributed by atoms with E-state index in [1.165, 1.54) is 11.1 Å². The lowest BCUT2D eigenvalue weighted by Gasteiger charge is -2.23. The molecule has 2 aliphatic rings. The zero-order chi connectivity index (χ0) is 10.5. The summed E-state index contributed by atoms with van der Waals surface area (Å²) in [5.41, 5.74) is 2.48. The maximum atomic E-state index is 6.31. The van der Waals surface area contributed by atoms with Crippen molar-refractivity contribution in [3.05, 3.63) is 47.5 Å². The van der Waals surface area contributed by atoms with Gasteiger partial charge in [0, 0.05) is 0 Å². The van der Waals surface area contributed by atoms with Crippen LogP contribution in [0.3, 0.4) is 0 Å². The average molecular weight is 200 g/mol. The van der Waals surface area contributed by atoms with Crippen molar-refractivity contribution in [2.45, 2.75) is 37.9 Å². The molecule has 1 nitrogen and oxygen atoms in total. The Balaban J connectivity index is 2.26. The summed E-state index contributed by atoms with van der Waals surface area (Å²) < 4.78 is 6.31.